The SMILES string of the molecule is CC(=O)C1=NN(c2ccccc2[N+](=O)[O-])[C@@H]2C(=O)N(c3cccc(Cl)c3C)C(=O)[C@@H]12. The first-order chi connectivity index (χ1) is 14.2. The van der Waals surface area contributed by atoms with E-state index in [1.54, 1.807) is 31.2 Å². The molecular formula is C20H15ClN4O5. The van der Waals surface area contributed by atoms with E-state index in [1.165, 1.54) is 25.1 Å². The molecule has 0 unspecified atom stereocenters. The van der Waals surface area contributed by atoms with E-state index in [0.29, 0.717) is 16.3 Å². The number of benzene rings is 2. The molecular weight excluding hydrogens is 412 g/mol. The first kappa shape index (κ1) is 19.7. The highest BCUT2D eigenvalue weighted by atomic mass is 35.5. The Balaban J connectivity index is 1.87. The van der Waals surface area contributed by atoms with Crippen molar-refractivity contribution in [3.05, 3.63) is 63.2 Å². The zero-order valence-corrected chi connectivity index (χ0v) is 16.7. The van der Waals surface area contributed by atoms with E-state index in [0.717, 1.165) is 9.91 Å². The number of Topliss-reactive ketones (excluding diaryl/α,β-unsaturated/α-hetero) is 1. The summed E-state index contributed by atoms with van der Waals surface area (Å²) in [6.07, 6.45) is 0. The molecule has 2 amide bonds. The summed E-state index contributed by atoms with van der Waals surface area (Å²) < 4.78 is 0. The van der Waals surface area contributed by atoms with Crippen LogP contribution in [0.5, 0.6) is 0 Å². The summed E-state index contributed by atoms with van der Waals surface area (Å²) in [5, 5.41) is 17.1. The lowest BCUT2D eigenvalue weighted by Gasteiger charge is -2.22. The molecule has 2 aromatic carbocycles. The number of amides is 2. The summed E-state index contributed by atoms with van der Waals surface area (Å²) in [6.45, 7) is 2.91. The van der Waals surface area contributed by atoms with Crippen LogP contribution in [0, 0.1) is 23.0 Å². The van der Waals surface area contributed by atoms with Crippen molar-refractivity contribution in [2.75, 3.05) is 9.91 Å². The topological polar surface area (TPSA) is 113 Å². The van der Waals surface area contributed by atoms with Gasteiger partial charge in [-0.15, -0.1) is 0 Å². The van der Waals surface area contributed by atoms with Crippen LogP contribution in [0.3, 0.4) is 0 Å². The third-order valence-electron chi connectivity index (χ3n) is 5.22. The molecule has 2 heterocycles. The fourth-order valence-electron chi connectivity index (χ4n) is 3.79. The van der Waals surface area contributed by atoms with E-state index in [-0.39, 0.29) is 17.1 Å². The first-order valence-electron chi connectivity index (χ1n) is 8.99. The highest BCUT2D eigenvalue weighted by Crippen LogP contribution is 2.41. The van der Waals surface area contributed by atoms with Crippen molar-refractivity contribution in [2.24, 2.45) is 11.0 Å². The third kappa shape index (κ3) is 2.78. The summed E-state index contributed by atoms with van der Waals surface area (Å²) in [7, 11) is 0. The average Bonchev–Trinajstić information content (AvgIpc) is 3.22. The second-order valence-electron chi connectivity index (χ2n) is 6.95. The van der Waals surface area contributed by atoms with Gasteiger partial charge in [0.2, 0.25) is 5.91 Å². The van der Waals surface area contributed by atoms with Crippen LogP contribution in [0.1, 0.15) is 12.5 Å². The van der Waals surface area contributed by atoms with E-state index in [9.17, 15) is 24.5 Å². The molecule has 0 spiro atoms. The van der Waals surface area contributed by atoms with Crippen molar-refractivity contribution in [2.45, 2.75) is 19.9 Å². The Bertz CT molecular complexity index is 1160. The maximum atomic E-state index is 13.4. The number of fused-ring (bicyclic) bond motifs is 1. The molecule has 4 rings (SSSR count). The van der Waals surface area contributed by atoms with Gasteiger partial charge >= 0.3 is 0 Å². The molecule has 1 fully saturated rings. The number of para-hydroxylation sites is 2. The lowest BCUT2D eigenvalue weighted by molar-refractivity contribution is -0.384. The molecule has 152 valence electrons. The number of nitro groups is 1. The minimum atomic E-state index is -1.20. The Morgan fingerprint density at radius 3 is 2.43 bits per heavy atom. The van der Waals surface area contributed by atoms with E-state index >= 15 is 0 Å². The fraction of sp³-hybridized carbons (Fsp3) is 0.200. The van der Waals surface area contributed by atoms with Gasteiger partial charge in [0.1, 0.15) is 23.4 Å². The number of nitro benzene ring substituents is 1. The predicted molar refractivity (Wildman–Crippen MR) is 110 cm³/mol. The Labute approximate surface area is 175 Å². The number of hydrogen-bond donors (Lipinski definition) is 0. The number of hydrogen-bond acceptors (Lipinski definition) is 7. The Hall–Kier alpha value is -3.59. The molecule has 2 atom stereocenters. The van der Waals surface area contributed by atoms with E-state index in [4.69, 9.17) is 11.6 Å². The van der Waals surface area contributed by atoms with Crippen molar-refractivity contribution in [3.63, 3.8) is 0 Å². The number of anilines is 2. The molecule has 9 nitrogen and oxygen atoms in total. The summed E-state index contributed by atoms with van der Waals surface area (Å²) in [4.78, 5) is 50.7. The maximum absolute atomic E-state index is 13.4. The second-order valence-corrected chi connectivity index (χ2v) is 7.36. The van der Waals surface area contributed by atoms with E-state index in [2.05, 4.69) is 5.10 Å². The molecule has 0 N–H and O–H groups in total. The van der Waals surface area contributed by atoms with Crippen LogP contribution in [-0.2, 0) is 14.4 Å². The Kier molecular flexibility index (Phi) is 4.62. The van der Waals surface area contributed by atoms with Gasteiger partial charge in [0.15, 0.2) is 5.78 Å². The lowest BCUT2D eigenvalue weighted by atomic mass is 9.95. The number of carbonyl (C=O) groups excluding carboxylic acids is 3. The van der Waals surface area contributed by atoms with Gasteiger partial charge in [0.05, 0.1) is 10.6 Å². The number of nitrogens with zero attached hydrogens (tertiary/aromatic N) is 4. The number of halogens is 1. The van der Waals surface area contributed by atoms with Crippen molar-refractivity contribution in [1.82, 2.24) is 0 Å². The number of carbonyl (C=O) groups is 3. The zero-order chi connectivity index (χ0) is 21.7. The van der Waals surface area contributed by atoms with Gasteiger partial charge in [-0.2, -0.15) is 5.10 Å². The molecule has 2 aliphatic heterocycles. The predicted octanol–water partition coefficient (Wildman–Crippen LogP) is 2.88. The van der Waals surface area contributed by atoms with Crippen LogP contribution < -0.4 is 9.91 Å². The van der Waals surface area contributed by atoms with E-state index < -0.39 is 34.5 Å². The lowest BCUT2D eigenvalue weighted by Crippen LogP contribution is -2.39. The maximum Gasteiger partial charge on any atom is 0.294 e. The zero-order valence-electron chi connectivity index (χ0n) is 15.9. The van der Waals surface area contributed by atoms with Crippen LogP contribution in [0.2, 0.25) is 5.02 Å². The molecule has 2 aromatic rings. The molecule has 0 aliphatic carbocycles. The highest BCUT2D eigenvalue weighted by molar-refractivity contribution is 6.49. The number of ketones is 1. The standard InChI is InChI=1S/C20H15ClN4O5/c1-10-12(21)6-5-9-13(10)23-19(27)16-17(11(2)26)22-24(18(16)20(23)28)14-7-3-4-8-15(14)25(29)30/h3-9,16,18H,1-2H3/t16-,18-/m0/s1. The van der Waals surface area contributed by atoms with Crippen molar-refractivity contribution in [1.29, 1.82) is 0 Å². The minimum absolute atomic E-state index is 0.0274. The van der Waals surface area contributed by atoms with Gasteiger partial charge in [-0.05, 0) is 30.7 Å². The van der Waals surface area contributed by atoms with Gasteiger partial charge in [-0.25, -0.2) is 9.91 Å². The first-order valence-corrected chi connectivity index (χ1v) is 9.37. The van der Waals surface area contributed by atoms with Gasteiger partial charge in [0.25, 0.3) is 11.6 Å². The quantitative estimate of drug-likeness (QED) is 0.422. The smallest absolute Gasteiger partial charge is 0.293 e. The molecule has 0 aromatic heterocycles. The van der Waals surface area contributed by atoms with Crippen LogP contribution >= 0.6 is 11.6 Å². The minimum Gasteiger partial charge on any atom is -0.293 e. The summed E-state index contributed by atoms with van der Waals surface area (Å²) in [5.74, 6) is -2.90. The second kappa shape index (κ2) is 7.03. The van der Waals surface area contributed by atoms with Gasteiger partial charge in [0, 0.05) is 18.0 Å². The molecule has 2 aliphatic rings. The number of hydrazone groups is 1. The van der Waals surface area contributed by atoms with Crippen LogP contribution in [-0.4, -0.2) is 34.3 Å². The third-order valence-corrected chi connectivity index (χ3v) is 5.62. The highest BCUT2D eigenvalue weighted by Gasteiger charge is 2.59. The monoisotopic (exact) mass is 426 g/mol. The van der Waals surface area contributed by atoms with Gasteiger partial charge in [-0.1, -0.05) is 29.8 Å². The van der Waals surface area contributed by atoms with Crippen LogP contribution in [0.25, 0.3) is 0 Å². The number of rotatable bonds is 4. The summed E-state index contributed by atoms with van der Waals surface area (Å²) >= 11 is 6.16. The summed E-state index contributed by atoms with van der Waals surface area (Å²) in [6, 6.07) is 9.35. The van der Waals surface area contributed by atoms with Gasteiger partial charge in [-0.3, -0.25) is 24.5 Å². The summed E-state index contributed by atoms with van der Waals surface area (Å²) in [5.41, 5.74) is 0.456. The molecule has 30 heavy (non-hydrogen) atoms. The fourth-order valence-corrected chi connectivity index (χ4v) is 3.96. The Morgan fingerprint density at radius 1 is 1.10 bits per heavy atom. The van der Waals surface area contributed by atoms with Crippen molar-refractivity contribution in [3.8, 4) is 0 Å². The van der Waals surface area contributed by atoms with Crippen molar-refractivity contribution >= 4 is 52.0 Å². The number of imide groups is 1. The molecule has 10 heteroatoms. The Morgan fingerprint density at radius 2 is 1.77 bits per heavy atom. The van der Waals surface area contributed by atoms with Gasteiger partial charge < -0.3 is 0 Å². The molecule has 0 bridgehead atoms. The van der Waals surface area contributed by atoms with Crippen LogP contribution in [0.15, 0.2) is 47.6 Å². The van der Waals surface area contributed by atoms with E-state index in [1.807, 2.05) is 0 Å². The largest absolute Gasteiger partial charge is 0.294 e. The molecule has 1 saturated heterocycles. The normalized spacial score (nSPS) is 20.4. The average molecular weight is 427 g/mol. The van der Waals surface area contributed by atoms with Crippen LogP contribution in [0.4, 0.5) is 17.1 Å². The molecule has 0 radical (unpaired) electrons. The van der Waals surface area contributed by atoms with Crippen molar-refractivity contribution < 1.29 is 19.3 Å². The molecule has 0 saturated carbocycles.